The Morgan fingerprint density at radius 1 is 1.47 bits per heavy atom. The van der Waals surface area contributed by atoms with Crippen LogP contribution < -0.4 is 11.1 Å². The van der Waals surface area contributed by atoms with Crippen molar-refractivity contribution in [3.8, 4) is 0 Å². The average Bonchev–Trinajstić information content (AvgIpc) is 2.25. The Morgan fingerprint density at radius 3 is 2.65 bits per heavy atom. The number of thiocarbonyl (C=S) groups is 1. The van der Waals surface area contributed by atoms with Gasteiger partial charge in [0.25, 0.3) is 0 Å². The number of nitrogens with two attached hydrogens (primary N) is 1. The van der Waals surface area contributed by atoms with Crippen LogP contribution in [0.3, 0.4) is 0 Å². The fraction of sp³-hybridized carbons (Fsp3) is 0.500. The summed E-state index contributed by atoms with van der Waals surface area (Å²) in [4.78, 5) is 0.474. The third kappa shape index (κ3) is 2.44. The standard InChI is InChI=1S/C14H20N2S/c1-3-14(7-4-8-14)16-12-6-5-10(2)9-11(12)13(15)17/h5-6,9,16H,3-4,7-8H2,1-2H3,(H2,15,17). The lowest BCUT2D eigenvalue weighted by atomic mass is 9.74. The highest BCUT2D eigenvalue weighted by molar-refractivity contribution is 7.80. The molecule has 0 unspecified atom stereocenters. The van der Waals surface area contributed by atoms with Crippen molar-refractivity contribution in [2.45, 2.75) is 45.1 Å². The van der Waals surface area contributed by atoms with Crippen LogP contribution in [0.25, 0.3) is 0 Å². The van der Waals surface area contributed by atoms with Crippen molar-refractivity contribution in [2.24, 2.45) is 5.73 Å². The maximum atomic E-state index is 5.79. The first-order valence-corrected chi connectivity index (χ1v) is 6.66. The van der Waals surface area contributed by atoms with E-state index in [-0.39, 0.29) is 5.54 Å². The average molecular weight is 248 g/mol. The van der Waals surface area contributed by atoms with Gasteiger partial charge in [0.1, 0.15) is 4.99 Å². The molecule has 0 spiro atoms. The number of anilines is 1. The topological polar surface area (TPSA) is 38.0 Å². The van der Waals surface area contributed by atoms with E-state index in [0.29, 0.717) is 4.99 Å². The second-order valence-electron chi connectivity index (χ2n) is 5.03. The van der Waals surface area contributed by atoms with Crippen molar-refractivity contribution in [3.05, 3.63) is 29.3 Å². The van der Waals surface area contributed by atoms with Crippen molar-refractivity contribution in [3.63, 3.8) is 0 Å². The maximum Gasteiger partial charge on any atom is 0.106 e. The van der Waals surface area contributed by atoms with Crippen LogP contribution in [-0.4, -0.2) is 10.5 Å². The van der Waals surface area contributed by atoms with Gasteiger partial charge in [-0.25, -0.2) is 0 Å². The van der Waals surface area contributed by atoms with Crippen molar-refractivity contribution >= 4 is 22.9 Å². The third-order valence-corrected chi connectivity index (χ3v) is 4.05. The quantitative estimate of drug-likeness (QED) is 0.802. The Bertz CT molecular complexity index is 430. The lowest BCUT2D eigenvalue weighted by Gasteiger charge is -2.43. The van der Waals surface area contributed by atoms with Gasteiger partial charge in [0, 0.05) is 16.8 Å². The SMILES string of the molecule is CCC1(Nc2ccc(C)cc2C(N)=S)CCC1. The zero-order valence-corrected chi connectivity index (χ0v) is 11.4. The minimum atomic E-state index is 0.273. The predicted molar refractivity (Wildman–Crippen MR) is 77.6 cm³/mol. The molecule has 0 amide bonds. The molecule has 0 aliphatic heterocycles. The molecule has 92 valence electrons. The van der Waals surface area contributed by atoms with Gasteiger partial charge in [0.2, 0.25) is 0 Å². The summed E-state index contributed by atoms with van der Waals surface area (Å²) in [5.41, 5.74) is 9.32. The van der Waals surface area contributed by atoms with Gasteiger partial charge in [-0.05, 0) is 44.7 Å². The lowest BCUT2D eigenvalue weighted by Crippen LogP contribution is -2.44. The van der Waals surface area contributed by atoms with E-state index in [1.54, 1.807) is 0 Å². The van der Waals surface area contributed by atoms with Crippen LogP contribution in [0.2, 0.25) is 0 Å². The lowest BCUT2D eigenvalue weighted by molar-refractivity contribution is 0.269. The predicted octanol–water partition coefficient (Wildman–Crippen LogP) is 3.37. The van der Waals surface area contributed by atoms with Gasteiger partial charge in [-0.1, -0.05) is 30.8 Å². The Balaban J connectivity index is 2.29. The third-order valence-electron chi connectivity index (χ3n) is 3.83. The highest BCUT2D eigenvalue weighted by Crippen LogP contribution is 2.38. The van der Waals surface area contributed by atoms with Gasteiger partial charge in [0.05, 0.1) is 0 Å². The molecule has 1 aliphatic rings. The number of aryl methyl sites for hydroxylation is 1. The van der Waals surface area contributed by atoms with Crippen LogP contribution in [0.1, 0.15) is 43.7 Å². The van der Waals surface area contributed by atoms with E-state index < -0.39 is 0 Å². The largest absolute Gasteiger partial charge is 0.389 e. The van der Waals surface area contributed by atoms with Gasteiger partial charge in [-0.2, -0.15) is 0 Å². The maximum absolute atomic E-state index is 5.79. The second-order valence-corrected chi connectivity index (χ2v) is 5.47. The summed E-state index contributed by atoms with van der Waals surface area (Å²) in [5.74, 6) is 0. The first-order chi connectivity index (χ1) is 8.06. The molecular weight excluding hydrogens is 228 g/mol. The first kappa shape index (κ1) is 12.4. The van der Waals surface area contributed by atoms with Crippen LogP contribution >= 0.6 is 12.2 Å². The summed E-state index contributed by atoms with van der Waals surface area (Å²) in [6, 6.07) is 6.26. The molecule has 17 heavy (non-hydrogen) atoms. The summed E-state index contributed by atoms with van der Waals surface area (Å²) < 4.78 is 0. The number of hydrogen-bond donors (Lipinski definition) is 2. The molecular formula is C14H20N2S. The van der Waals surface area contributed by atoms with Crippen molar-refractivity contribution < 1.29 is 0 Å². The number of rotatable bonds is 4. The summed E-state index contributed by atoms with van der Waals surface area (Å²) in [6.07, 6.45) is 4.95. The minimum absolute atomic E-state index is 0.273. The molecule has 2 rings (SSSR count). The summed E-state index contributed by atoms with van der Waals surface area (Å²) in [7, 11) is 0. The minimum Gasteiger partial charge on any atom is -0.389 e. The van der Waals surface area contributed by atoms with E-state index in [9.17, 15) is 0 Å². The Labute approximate surface area is 109 Å². The highest BCUT2D eigenvalue weighted by Gasteiger charge is 2.35. The molecule has 1 saturated carbocycles. The van der Waals surface area contributed by atoms with E-state index in [0.717, 1.165) is 17.7 Å². The molecule has 0 atom stereocenters. The van der Waals surface area contributed by atoms with E-state index in [2.05, 4.69) is 37.4 Å². The Morgan fingerprint density at radius 2 is 2.18 bits per heavy atom. The fourth-order valence-electron chi connectivity index (χ4n) is 2.43. The highest BCUT2D eigenvalue weighted by atomic mass is 32.1. The second kappa shape index (κ2) is 4.65. The molecule has 0 saturated heterocycles. The van der Waals surface area contributed by atoms with E-state index in [1.165, 1.54) is 24.8 Å². The molecule has 3 N–H and O–H groups in total. The van der Waals surface area contributed by atoms with Crippen LogP contribution in [0.4, 0.5) is 5.69 Å². The van der Waals surface area contributed by atoms with Gasteiger partial charge >= 0.3 is 0 Å². The molecule has 2 nitrogen and oxygen atoms in total. The van der Waals surface area contributed by atoms with E-state index in [4.69, 9.17) is 18.0 Å². The normalized spacial score (nSPS) is 17.3. The van der Waals surface area contributed by atoms with Crippen molar-refractivity contribution in [1.82, 2.24) is 0 Å². The summed E-state index contributed by atoms with van der Waals surface area (Å²) in [6.45, 7) is 4.30. The smallest absolute Gasteiger partial charge is 0.106 e. The summed E-state index contributed by atoms with van der Waals surface area (Å²) in [5, 5.41) is 3.65. The number of benzene rings is 1. The molecule has 0 aromatic heterocycles. The van der Waals surface area contributed by atoms with Crippen LogP contribution in [0.5, 0.6) is 0 Å². The molecule has 3 heteroatoms. The molecule has 1 fully saturated rings. The van der Waals surface area contributed by atoms with Gasteiger partial charge in [-0.15, -0.1) is 0 Å². The van der Waals surface area contributed by atoms with Crippen LogP contribution in [-0.2, 0) is 0 Å². The Hall–Kier alpha value is -1.09. The molecule has 1 aliphatic carbocycles. The zero-order chi connectivity index (χ0) is 12.5. The number of nitrogens with one attached hydrogen (secondary N) is 1. The molecule has 1 aromatic rings. The first-order valence-electron chi connectivity index (χ1n) is 6.25. The Kier molecular flexibility index (Phi) is 3.38. The zero-order valence-electron chi connectivity index (χ0n) is 10.5. The molecule has 0 bridgehead atoms. The van der Waals surface area contributed by atoms with Gasteiger partial charge in [0.15, 0.2) is 0 Å². The van der Waals surface area contributed by atoms with Gasteiger partial charge < -0.3 is 11.1 Å². The number of hydrogen-bond acceptors (Lipinski definition) is 2. The van der Waals surface area contributed by atoms with Gasteiger partial charge in [-0.3, -0.25) is 0 Å². The van der Waals surface area contributed by atoms with Crippen LogP contribution in [0, 0.1) is 6.92 Å². The fourth-order valence-corrected chi connectivity index (χ4v) is 2.60. The molecule has 0 heterocycles. The van der Waals surface area contributed by atoms with E-state index in [1.807, 2.05) is 0 Å². The summed E-state index contributed by atoms with van der Waals surface area (Å²) >= 11 is 5.13. The molecule has 1 aromatic carbocycles. The van der Waals surface area contributed by atoms with Crippen LogP contribution in [0.15, 0.2) is 18.2 Å². The van der Waals surface area contributed by atoms with E-state index >= 15 is 0 Å². The molecule has 0 radical (unpaired) electrons. The van der Waals surface area contributed by atoms with Crippen molar-refractivity contribution in [1.29, 1.82) is 0 Å². The monoisotopic (exact) mass is 248 g/mol. The van der Waals surface area contributed by atoms with Crippen molar-refractivity contribution in [2.75, 3.05) is 5.32 Å².